The lowest BCUT2D eigenvalue weighted by atomic mass is 10.0. The number of rotatable bonds is 7. The first-order valence-corrected chi connectivity index (χ1v) is 14.7. The molecule has 0 aliphatic carbocycles. The molecule has 0 saturated carbocycles. The number of carbonyl (C=O) groups excluding carboxylic acids is 1. The molecule has 0 spiro atoms. The number of phenolic OH excluding ortho intramolecular Hbond substituents is 1. The van der Waals surface area contributed by atoms with Gasteiger partial charge in [-0.2, -0.15) is 10.4 Å². The molecule has 0 unspecified atom stereocenters. The predicted octanol–water partition coefficient (Wildman–Crippen LogP) is 3.41. The van der Waals surface area contributed by atoms with Gasteiger partial charge in [-0.1, -0.05) is 6.07 Å². The minimum absolute atomic E-state index is 0.0124. The fourth-order valence-electron chi connectivity index (χ4n) is 5.88. The van der Waals surface area contributed by atoms with Crippen LogP contribution in [0.1, 0.15) is 31.2 Å². The first kappa shape index (κ1) is 28.5. The molecule has 6 rings (SSSR count). The van der Waals surface area contributed by atoms with Crippen molar-refractivity contribution in [3.63, 3.8) is 0 Å². The zero-order valence-corrected chi connectivity index (χ0v) is 23.8. The van der Waals surface area contributed by atoms with Crippen molar-refractivity contribution in [3.8, 4) is 34.5 Å². The fraction of sp³-hybridized carbons (Fsp3) is 0.387. The second-order valence-corrected chi connectivity index (χ2v) is 11.1. The Morgan fingerprint density at radius 2 is 2.07 bits per heavy atom. The number of benzene rings is 1. The number of pyridine rings is 1. The van der Waals surface area contributed by atoms with Gasteiger partial charge in [-0.05, 0) is 68.2 Å². The van der Waals surface area contributed by atoms with Gasteiger partial charge in [0.25, 0.3) is 0 Å². The molecule has 12 heteroatoms. The van der Waals surface area contributed by atoms with Crippen molar-refractivity contribution in [2.75, 3.05) is 44.6 Å². The Kier molecular flexibility index (Phi) is 8.44. The molecule has 3 aromatic heterocycles. The molecule has 1 atom stereocenters. The van der Waals surface area contributed by atoms with Gasteiger partial charge in [0.15, 0.2) is 17.5 Å². The van der Waals surface area contributed by atoms with Crippen molar-refractivity contribution in [3.05, 3.63) is 60.2 Å². The van der Waals surface area contributed by atoms with Crippen molar-refractivity contribution in [2.45, 2.75) is 38.3 Å². The molecule has 1 aromatic carbocycles. The van der Waals surface area contributed by atoms with Crippen LogP contribution in [0, 0.1) is 17.1 Å². The lowest BCUT2D eigenvalue weighted by Crippen LogP contribution is -2.45. The molecular weight excluding hydrogens is 549 g/mol. The highest BCUT2D eigenvalue weighted by molar-refractivity contribution is 5.79. The summed E-state index contributed by atoms with van der Waals surface area (Å²) in [7, 11) is 0. The van der Waals surface area contributed by atoms with Gasteiger partial charge >= 0.3 is 0 Å². The van der Waals surface area contributed by atoms with E-state index in [1.54, 1.807) is 21.7 Å². The van der Waals surface area contributed by atoms with Crippen LogP contribution in [-0.2, 0) is 11.3 Å². The SMILES string of the molecule is N#CCC(=O)N1CCC[C@@H](Nc2nc(-c3cnn4ccccc34)nc(-c3cc(O)cc(CN4CCCNCC4)c3)c2F)C1. The Morgan fingerprint density at radius 1 is 1.16 bits per heavy atom. The number of fused-ring (bicyclic) bond motifs is 1. The Morgan fingerprint density at radius 3 is 2.95 bits per heavy atom. The summed E-state index contributed by atoms with van der Waals surface area (Å²) in [6, 6.07) is 12.4. The predicted molar refractivity (Wildman–Crippen MR) is 159 cm³/mol. The summed E-state index contributed by atoms with van der Waals surface area (Å²) in [6.07, 6.45) is 5.74. The molecule has 5 heterocycles. The van der Waals surface area contributed by atoms with Crippen molar-refractivity contribution in [2.24, 2.45) is 0 Å². The highest BCUT2D eigenvalue weighted by Gasteiger charge is 2.27. The van der Waals surface area contributed by atoms with Crippen LogP contribution in [0.25, 0.3) is 28.2 Å². The maximum Gasteiger partial charge on any atom is 0.236 e. The number of hydrogen-bond acceptors (Lipinski definition) is 9. The Labute approximate surface area is 249 Å². The molecule has 2 aliphatic heterocycles. The third kappa shape index (κ3) is 6.43. The van der Waals surface area contributed by atoms with E-state index in [-0.39, 0.29) is 41.5 Å². The summed E-state index contributed by atoms with van der Waals surface area (Å²) in [4.78, 5) is 25.6. The van der Waals surface area contributed by atoms with E-state index >= 15 is 4.39 Å². The number of likely N-dealkylation sites (tertiary alicyclic amines) is 1. The third-order valence-corrected chi connectivity index (χ3v) is 7.95. The molecule has 1 amide bonds. The Balaban J connectivity index is 1.39. The first-order valence-electron chi connectivity index (χ1n) is 14.7. The summed E-state index contributed by atoms with van der Waals surface area (Å²) in [5.74, 6) is -0.548. The van der Waals surface area contributed by atoms with Crippen LogP contribution < -0.4 is 10.6 Å². The fourth-order valence-corrected chi connectivity index (χ4v) is 5.88. The number of phenols is 1. The second-order valence-electron chi connectivity index (χ2n) is 11.1. The van der Waals surface area contributed by atoms with E-state index in [0.717, 1.165) is 50.1 Å². The zero-order valence-electron chi connectivity index (χ0n) is 23.8. The normalized spacial score (nSPS) is 17.9. The Bertz CT molecular complexity index is 1660. The topological polar surface area (TPSA) is 135 Å². The quantitative estimate of drug-likeness (QED) is 0.299. The summed E-state index contributed by atoms with van der Waals surface area (Å²) >= 11 is 0. The lowest BCUT2D eigenvalue weighted by molar-refractivity contribution is -0.131. The molecule has 2 fully saturated rings. The number of amides is 1. The standard InChI is InChI=1S/C31H34FN9O2/c32-28-29(22-15-21(16-24(42)17-22)19-39-11-4-9-34-10-14-39)37-30(25-18-35-41-13-2-1-6-26(25)41)38-31(28)36-23-5-3-12-40(20-23)27(43)7-8-33/h1-2,6,13,15-18,23,34,42H,3-5,7,9-12,14,19-20H2,(H,36,37,38)/t23-/m1/s1. The highest BCUT2D eigenvalue weighted by atomic mass is 19.1. The highest BCUT2D eigenvalue weighted by Crippen LogP contribution is 2.33. The molecular formula is C31H34FN9O2. The smallest absolute Gasteiger partial charge is 0.236 e. The van der Waals surface area contributed by atoms with Gasteiger partial charge in [0.05, 0.1) is 23.3 Å². The molecule has 4 aromatic rings. The van der Waals surface area contributed by atoms with Crippen LogP contribution in [0.15, 0.2) is 48.8 Å². The molecule has 2 saturated heterocycles. The van der Waals surface area contributed by atoms with Crippen molar-refractivity contribution < 1.29 is 14.3 Å². The number of hydrogen-bond donors (Lipinski definition) is 3. The number of aromatic hydroxyl groups is 1. The largest absolute Gasteiger partial charge is 0.508 e. The van der Waals surface area contributed by atoms with E-state index in [9.17, 15) is 9.90 Å². The maximum absolute atomic E-state index is 16.4. The van der Waals surface area contributed by atoms with E-state index < -0.39 is 5.82 Å². The van der Waals surface area contributed by atoms with Gasteiger partial charge in [0, 0.05) is 50.5 Å². The molecule has 3 N–H and O–H groups in total. The van der Waals surface area contributed by atoms with E-state index in [2.05, 4.69) is 30.6 Å². The van der Waals surface area contributed by atoms with Gasteiger partial charge in [-0.25, -0.2) is 18.9 Å². The number of piperidine rings is 1. The monoisotopic (exact) mass is 583 g/mol. The van der Waals surface area contributed by atoms with Crippen molar-refractivity contribution in [1.82, 2.24) is 34.7 Å². The minimum atomic E-state index is -0.642. The third-order valence-electron chi connectivity index (χ3n) is 7.95. The number of carbonyl (C=O) groups is 1. The Hall–Kier alpha value is -4.60. The molecule has 43 heavy (non-hydrogen) atoms. The molecule has 222 valence electrons. The van der Waals surface area contributed by atoms with Gasteiger partial charge in [-0.15, -0.1) is 0 Å². The van der Waals surface area contributed by atoms with Crippen LogP contribution in [0.5, 0.6) is 5.75 Å². The number of halogens is 1. The number of anilines is 1. The second kappa shape index (κ2) is 12.7. The first-order chi connectivity index (χ1) is 21.0. The van der Waals surface area contributed by atoms with Crippen molar-refractivity contribution >= 4 is 17.2 Å². The molecule has 0 radical (unpaired) electrons. The molecule has 11 nitrogen and oxygen atoms in total. The summed E-state index contributed by atoms with van der Waals surface area (Å²) in [5.41, 5.74) is 2.77. The number of nitrogens with zero attached hydrogens (tertiary/aromatic N) is 7. The van der Waals surface area contributed by atoms with Gasteiger partial charge in [0.1, 0.15) is 17.9 Å². The zero-order chi connectivity index (χ0) is 29.8. The van der Waals surface area contributed by atoms with Crippen LogP contribution in [0.2, 0.25) is 0 Å². The summed E-state index contributed by atoms with van der Waals surface area (Å²) < 4.78 is 18.1. The molecule has 2 aliphatic rings. The average Bonchev–Trinajstić information content (AvgIpc) is 3.27. The maximum atomic E-state index is 16.4. The van der Waals surface area contributed by atoms with Gasteiger partial charge < -0.3 is 20.6 Å². The van der Waals surface area contributed by atoms with E-state index in [1.165, 1.54) is 6.07 Å². The van der Waals surface area contributed by atoms with Crippen LogP contribution >= 0.6 is 0 Å². The van der Waals surface area contributed by atoms with Gasteiger partial charge in [-0.3, -0.25) is 9.69 Å². The lowest BCUT2D eigenvalue weighted by Gasteiger charge is -2.33. The summed E-state index contributed by atoms with van der Waals surface area (Å²) in [6.45, 7) is 5.20. The number of nitrogens with one attached hydrogen (secondary N) is 2. The van der Waals surface area contributed by atoms with Gasteiger partial charge in [0.2, 0.25) is 5.91 Å². The van der Waals surface area contributed by atoms with E-state index in [4.69, 9.17) is 5.26 Å². The van der Waals surface area contributed by atoms with Crippen molar-refractivity contribution in [1.29, 1.82) is 5.26 Å². The van der Waals surface area contributed by atoms with E-state index in [1.807, 2.05) is 36.5 Å². The van der Waals surface area contributed by atoms with Crippen LogP contribution in [0.4, 0.5) is 10.2 Å². The van der Waals surface area contributed by atoms with Crippen LogP contribution in [-0.4, -0.2) is 85.7 Å². The van der Waals surface area contributed by atoms with Crippen LogP contribution in [0.3, 0.4) is 0 Å². The number of nitriles is 1. The van der Waals surface area contributed by atoms with E-state index in [0.29, 0.717) is 37.2 Å². The number of aromatic nitrogens is 4. The summed E-state index contributed by atoms with van der Waals surface area (Å²) in [5, 5.41) is 30.7. The molecule has 0 bridgehead atoms. The minimum Gasteiger partial charge on any atom is -0.508 e. The average molecular weight is 584 g/mol.